The molecule has 1 atom stereocenters. The molecule has 3 rings (SSSR count). The Morgan fingerprint density at radius 1 is 1.26 bits per heavy atom. The van der Waals surface area contributed by atoms with Gasteiger partial charge in [0.25, 0.3) is 0 Å². The van der Waals surface area contributed by atoms with Gasteiger partial charge in [-0.25, -0.2) is 8.42 Å². The Bertz CT molecular complexity index is 682. The van der Waals surface area contributed by atoms with Crippen LogP contribution in [0.25, 0.3) is 0 Å². The van der Waals surface area contributed by atoms with Gasteiger partial charge in [-0.3, -0.25) is 4.90 Å². The fraction of sp³-hybridized carbons (Fsp3) is 0.562. The molecule has 2 saturated heterocycles. The van der Waals surface area contributed by atoms with E-state index >= 15 is 0 Å². The Kier molecular flexibility index (Phi) is 4.89. The van der Waals surface area contributed by atoms with E-state index in [-0.39, 0.29) is 6.04 Å². The average molecular weight is 354 g/mol. The van der Waals surface area contributed by atoms with Crippen LogP contribution in [0, 0.1) is 6.92 Å². The molecule has 23 heavy (non-hydrogen) atoms. The number of nitrogens with one attached hydrogen (secondary N) is 1. The van der Waals surface area contributed by atoms with Crippen LogP contribution in [0.3, 0.4) is 0 Å². The molecule has 0 bridgehead atoms. The Balaban J connectivity index is 1.51. The molecule has 0 aliphatic carbocycles. The highest BCUT2D eigenvalue weighted by Gasteiger charge is 2.33. The average Bonchev–Trinajstić information content (AvgIpc) is 2.87. The van der Waals surface area contributed by atoms with Crippen LogP contribution in [0.2, 0.25) is 0 Å². The second-order valence-corrected chi connectivity index (χ2v) is 8.99. The summed E-state index contributed by atoms with van der Waals surface area (Å²) in [5.41, 5.74) is 2.21. The van der Waals surface area contributed by atoms with E-state index in [0.29, 0.717) is 11.5 Å². The van der Waals surface area contributed by atoms with Gasteiger partial charge in [0.1, 0.15) is 0 Å². The maximum absolute atomic E-state index is 11.6. The van der Waals surface area contributed by atoms with Gasteiger partial charge in [0.05, 0.1) is 11.5 Å². The van der Waals surface area contributed by atoms with Crippen molar-refractivity contribution in [3.63, 3.8) is 0 Å². The second kappa shape index (κ2) is 6.75. The van der Waals surface area contributed by atoms with Gasteiger partial charge >= 0.3 is 0 Å². The molecular weight excluding hydrogens is 330 g/mol. The lowest BCUT2D eigenvalue weighted by Crippen LogP contribution is -2.53. The van der Waals surface area contributed by atoms with Crippen LogP contribution in [-0.4, -0.2) is 67.1 Å². The minimum absolute atomic E-state index is 0.195. The summed E-state index contributed by atoms with van der Waals surface area (Å²) >= 11 is 5.51. The third-order valence-electron chi connectivity index (χ3n) is 4.60. The van der Waals surface area contributed by atoms with E-state index in [9.17, 15) is 8.42 Å². The molecule has 0 spiro atoms. The van der Waals surface area contributed by atoms with Crippen LogP contribution in [0.4, 0.5) is 5.69 Å². The third-order valence-corrected chi connectivity index (χ3v) is 6.71. The summed E-state index contributed by atoms with van der Waals surface area (Å²) < 4.78 is 23.2. The zero-order valence-electron chi connectivity index (χ0n) is 13.4. The molecule has 1 N–H and O–H groups in total. The first-order valence-electron chi connectivity index (χ1n) is 8.00. The summed E-state index contributed by atoms with van der Waals surface area (Å²) in [5, 5.41) is 4.04. The Labute approximate surface area is 143 Å². The first-order chi connectivity index (χ1) is 10.9. The molecule has 0 radical (unpaired) electrons. The van der Waals surface area contributed by atoms with E-state index in [4.69, 9.17) is 12.2 Å². The number of hydrogen-bond acceptors (Lipinski definition) is 4. The third kappa shape index (κ3) is 4.22. The smallest absolute Gasteiger partial charge is 0.173 e. The molecule has 0 unspecified atom stereocenters. The topological polar surface area (TPSA) is 52.6 Å². The lowest BCUT2D eigenvalue weighted by molar-refractivity contribution is 0.144. The van der Waals surface area contributed by atoms with E-state index in [1.807, 2.05) is 12.1 Å². The number of benzene rings is 1. The lowest BCUT2D eigenvalue weighted by atomic mass is 10.2. The van der Waals surface area contributed by atoms with Crippen molar-refractivity contribution < 1.29 is 8.42 Å². The molecule has 5 nitrogen and oxygen atoms in total. The van der Waals surface area contributed by atoms with Crippen molar-refractivity contribution in [1.82, 2.24) is 9.80 Å². The van der Waals surface area contributed by atoms with Crippen LogP contribution in [0.15, 0.2) is 24.3 Å². The van der Waals surface area contributed by atoms with Crippen LogP contribution < -0.4 is 5.32 Å². The summed E-state index contributed by atoms with van der Waals surface area (Å²) in [6, 6.07) is 8.35. The maximum atomic E-state index is 11.6. The molecule has 1 aromatic rings. The fourth-order valence-corrected chi connectivity index (χ4v) is 5.34. The molecule has 7 heteroatoms. The van der Waals surface area contributed by atoms with Crippen LogP contribution in [0.1, 0.15) is 12.0 Å². The zero-order valence-corrected chi connectivity index (χ0v) is 15.0. The van der Waals surface area contributed by atoms with Gasteiger partial charge in [-0.1, -0.05) is 12.1 Å². The van der Waals surface area contributed by atoms with Crippen molar-refractivity contribution in [1.29, 1.82) is 0 Å². The van der Waals surface area contributed by atoms with Gasteiger partial charge in [-0.2, -0.15) is 0 Å². The minimum Gasteiger partial charge on any atom is -0.346 e. The predicted molar refractivity (Wildman–Crippen MR) is 97.6 cm³/mol. The van der Waals surface area contributed by atoms with Gasteiger partial charge in [0, 0.05) is 37.9 Å². The summed E-state index contributed by atoms with van der Waals surface area (Å²) in [6.07, 6.45) is 0.772. The van der Waals surface area contributed by atoms with Crippen molar-refractivity contribution in [2.45, 2.75) is 19.4 Å². The molecule has 0 aromatic heterocycles. The number of nitrogens with zero attached hydrogens (tertiary/aromatic N) is 2. The first kappa shape index (κ1) is 16.7. The van der Waals surface area contributed by atoms with Crippen molar-refractivity contribution in [3.05, 3.63) is 29.8 Å². The first-order valence-corrected chi connectivity index (χ1v) is 10.2. The highest BCUT2D eigenvalue weighted by Crippen LogP contribution is 2.19. The van der Waals surface area contributed by atoms with Crippen molar-refractivity contribution in [2.75, 3.05) is 43.0 Å². The van der Waals surface area contributed by atoms with Crippen LogP contribution in [0.5, 0.6) is 0 Å². The van der Waals surface area contributed by atoms with E-state index in [2.05, 4.69) is 34.2 Å². The normalized spacial score (nSPS) is 24.6. The number of thiocarbonyl (C=S) groups is 1. The molecule has 126 valence electrons. The lowest BCUT2D eigenvalue weighted by Gasteiger charge is -2.38. The van der Waals surface area contributed by atoms with E-state index < -0.39 is 9.84 Å². The van der Waals surface area contributed by atoms with Crippen molar-refractivity contribution in [3.8, 4) is 0 Å². The largest absolute Gasteiger partial charge is 0.346 e. The van der Waals surface area contributed by atoms with E-state index in [0.717, 1.165) is 43.4 Å². The molecule has 1 aromatic carbocycles. The summed E-state index contributed by atoms with van der Waals surface area (Å²) in [6.45, 7) is 5.48. The molecule has 0 amide bonds. The van der Waals surface area contributed by atoms with Gasteiger partial charge in [0.2, 0.25) is 0 Å². The monoisotopic (exact) mass is 353 g/mol. The van der Waals surface area contributed by atoms with Crippen molar-refractivity contribution >= 4 is 32.9 Å². The number of anilines is 1. The van der Waals surface area contributed by atoms with Gasteiger partial charge in [0.15, 0.2) is 14.9 Å². The predicted octanol–water partition coefficient (Wildman–Crippen LogP) is 1.50. The van der Waals surface area contributed by atoms with E-state index in [1.165, 1.54) is 5.56 Å². The van der Waals surface area contributed by atoms with Gasteiger partial charge in [-0.15, -0.1) is 0 Å². The Morgan fingerprint density at radius 2 is 2.00 bits per heavy atom. The number of hydrogen-bond donors (Lipinski definition) is 1. The highest BCUT2D eigenvalue weighted by atomic mass is 32.2. The number of rotatable bonds is 2. The zero-order chi connectivity index (χ0) is 16.4. The molecule has 2 aliphatic heterocycles. The standard InChI is InChI=1S/C16H23N3O2S2/c1-13-3-2-4-14(11-13)17-16(22)19-8-6-18(7-9-19)15-5-10-23(20,21)12-15/h2-4,11,15H,5-10,12H2,1H3,(H,17,22)/t15-/m0/s1. The number of sulfone groups is 1. The molecular formula is C16H23N3O2S2. The summed E-state index contributed by atoms with van der Waals surface area (Å²) in [4.78, 5) is 4.47. The number of piperazine rings is 1. The van der Waals surface area contributed by atoms with Crippen molar-refractivity contribution in [2.24, 2.45) is 0 Å². The Hall–Kier alpha value is -1.18. The highest BCUT2D eigenvalue weighted by molar-refractivity contribution is 7.91. The maximum Gasteiger partial charge on any atom is 0.173 e. The second-order valence-electron chi connectivity index (χ2n) is 6.38. The van der Waals surface area contributed by atoms with Gasteiger partial charge in [-0.05, 0) is 43.3 Å². The quantitative estimate of drug-likeness (QED) is 0.813. The molecule has 0 saturated carbocycles. The molecule has 2 aliphatic rings. The van der Waals surface area contributed by atoms with Crippen LogP contribution in [-0.2, 0) is 9.84 Å². The van der Waals surface area contributed by atoms with E-state index in [1.54, 1.807) is 0 Å². The minimum atomic E-state index is -2.81. The SMILES string of the molecule is Cc1cccc(NC(=S)N2CCN([C@H]3CCS(=O)(=O)C3)CC2)c1. The Morgan fingerprint density at radius 3 is 2.61 bits per heavy atom. The number of aryl methyl sites for hydroxylation is 1. The fourth-order valence-electron chi connectivity index (χ4n) is 3.28. The molecule has 2 fully saturated rings. The summed E-state index contributed by atoms with van der Waals surface area (Å²) in [7, 11) is -2.81. The van der Waals surface area contributed by atoms with Crippen LogP contribution >= 0.6 is 12.2 Å². The molecule has 2 heterocycles. The summed E-state index contributed by atoms with van der Waals surface area (Å²) in [5.74, 6) is 0.657. The van der Waals surface area contributed by atoms with Gasteiger partial charge < -0.3 is 10.2 Å².